The molecule has 0 saturated heterocycles. The van der Waals surface area contributed by atoms with E-state index in [1.165, 1.54) is 0 Å². The van der Waals surface area contributed by atoms with E-state index in [1.54, 1.807) is 0 Å². The molecule has 0 aromatic heterocycles. The quantitative estimate of drug-likeness (QED) is 0.353. The number of alkyl halides is 2. The second kappa shape index (κ2) is 2.54. The highest BCUT2D eigenvalue weighted by Crippen LogP contribution is 2.12. The second-order valence-electron chi connectivity index (χ2n) is 1.46. The third kappa shape index (κ3) is 1.17. The van der Waals surface area contributed by atoms with Crippen molar-refractivity contribution in [2.24, 2.45) is 0 Å². The van der Waals surface area contributed by atoms with Crippen molar-refractivity contribution in [2.75, 3.05) is 6.67 Å². The molecule has 0 rings (SSSR count). The predicted octanol–water partition coefficient (Wildman–Crippen LogP) is -0.0170. The number of halogens is 2. The first kappa shape index (κ1) is 8.73. The zero-order chi connectivity index (χ0) is 8.36. The average molecular weight is 155 g/mol. The lowest BCUT2D eigenvalue weighted by Crippen LogP contribution is -2.44. The highest BCUT2D eigenvalue weighted by molar-refractivity contribution is 5.75. The Morgan fingerprint density at radius 3 is 2.20 bits per heavy atom. The van der Waals surface area contributed by atoms with E-state index in [4.69, 9.17) is 5.11 Å². The molecule has 0 radical (unpaired) electrons. The predicted molar refractivity (Wildman–Crippen MR) is 24.4 cm³/mol. The third-order valence-electron chi connectivity index (χ3n) is 0.794. The fraction of sp³-hybridized carbons (Fsp3) is 0.667. The SMILES string of the molecule is O=C(O)C(F)(CF)[N+](=O)[O-]. The molecule has 0 heterocycles. The molecule has 0 aromatic rings. The molecule has 58 valence electrons. The molecule has 1 N–H and O–H groups in total. The van der Waals surface area contributed by atoms with Crippen molar-refractivity contribution in [3.05, 3.63) is 10.1 Å². The molecule has 0 bridgehead atoms. The maximum absolute atomic E-state index is 12.1. The average Bonchev–Trinajstić information content (AvgIpc) is 1.85. The van der Waals surface area contributed by atoms with Crippen LogP contribution in [0.2, 0.25) is 0 Å². The molecule has 0 saturated carbocycles. The van der Waals surface area contributed by atoms with Crippen LogP contribution in [0, 0.1) is 10.1 Å². The number of carboxylic acids is 1. The van der Waals surface area contributed by atoms with Crippen molar-refractivity contribution in [1.82, 2.24) is 0 Å². The molecule has 5 nitrogen and oxygen atoms in total. The van der Waals surface area contributed by atoms with Gasteiger partial charge >= 0.3 is 11.8 Å². The van der Waals surface area contributed by atoms with Gasteiger partial charge in [-0.05, 0) is 0 Å². The summed E-state index contributed by atoms with van der Waals surface area (Å²) in [6.07, 6.45) is 0. The lowest BCUT2D eigenvalue weighted by atomic mass is 10.3. The van der Waals surface area contributed by atoms with Crippen LogP contribution in [-0.4, -0.2) is 28.5 Å². The van der Waals surface area contributed by atoms with E-state index >= 15 is 0 Å². The summed E-state index contributed by atoms with van der Waals surface area (Å²) in [6.45, 7) is -2.17. The van der Waals surface area contributed by atoms with Crippen LogP contribution in [0.1, 0.15) is 0 Å². The fourth-order valence-corrected chi connectivity index (χ4v) is 0.184. The smallest absolute Gasteiger partial charge is 0.474 e. The molecule has 0 aliphatic carbocycles. The number of nitro groups is 1. The summed E-state index contributed by atoms with van der Waals surface area (Å²) in [6, 6.07) is 0. The van der Waals surface area contributed by atoms with Gasteiger partial charge in [0.1, 0.15) is 0 Å². The van der Waals surface area contributed by atoms with Gasteiger partial charge in [0.15, 0.2) is 0 Å². The number of hydrogen-bond acceptors (Lipinski definition) is 3. The zero-order valence-corrected chi connectivity index (χ0v) is 4.58. The summed E-state index contributed by atoms with van der Waals surface area (Å²) in [4.78, 5) is 17.3. The molecule has 0 aliphatic rings. The molecule has 0 spiro atoms. The van der Waals surface area contributed by atoms with Crippen molar-refractivity contribution in [2.45, 2.75) is 5.79 Å². The van der Waals surface area contributed by atoms with E-state index in [9.17, 15) is 23.7 Å². The third-order valence-corrected chi connectivity index (χ3v) is 0.794. The summed E-state index contributed by atoms with van der Waals surface area (Å²) in [5.41, 5.74) is 0. The molecule has 0 fully saturated rings. The van der Waals surface area contributed by atoms with Crippen LogP contribution < -0.4 is 0 Å². The van der Waals surface area contributed by atoms with E-state index in [0.29, 0.717) is 0 Å². The van der Waals surface area contributed by atoms with Crippen LogP contribution in [0.15, 0.2) is 0 Å². The number of carbonyl (C=O) groups is 1. The Hall–Kier alpha value is -1.27. The number of aliphatic carboxylic acids is 1. The summed E-state index contributed by atoms with van der Waals surface area (Å²) in [5, 5.41) is 17.2. The van der Waals surface area contributed by atoms with Crippen LogP contribution in [-0.2, 0) is 4.79 Å². The maximum Gasteiger partial charge on any atom is 0.482 e. The van der Waals surface area contributed by atoms with Crippen molar-refractivity contribution < 1.29 is 23.6 Å². The van der Waals surface area contributed by atoms with Gasteiger partial charge in [0.2, 0.25) is 6.67 Å². The first-order valence-electron chi connectivity index (χ1n) is 2.08. The molecule has 7 heteroatoms. The van der Waals surface area contributed by atoms with Gasteiger partial charge in [-0.1, -0.05) is 0 Å². The van der Waals surface area contributed by atoms with E-state index in [2.05, 4.69) is 0 Å². The van der Waals surface area contributed by atoms with E-state index in [-0.39, 0.29) is 0 Å². The van der Waals surface area contributed by atoms with Crippen molar-refractivity contribution >= 4 is 5.97 Å². The molecule has 1 unspecified atom stereocenters. The molecule has 0 aliphatic heterocycles. The zero-order valence-electron chi connectivity index (χ0n) is 4.58. The van der Waals surface area contributed by atoms with Crippen molar-refractivity contribution in [1.29, 1.82) is 0 Å². The Balaban J connectivity index is 4.55. The first-order valence-corrected chi connectivity index (χ1v) is 2.08. The Bertz CT molecular complexity index is 156. The highest BCUT2D eigenvalue weighted by Gasteiger charge is 2.53. The molecule has 10 heavy (non-hydrogen) atoms. The first-order chi connectivity index (χ1) is 4.45. The van der Waals surface area contributed by atoms with Gasteiger partial charge in [-0.3, -0.25) is 10.1 Å². The summed E-state index contributed by atoms with van der Waals surface area (Å²) in [7, 11) is 0. The van der Waals surface area contributed by atoms with Gasteiger partial charge in [-0.2, -0.15) is 4.39 Å². The molecule has 0 aromatic carbocycles. The van der Waals surface area contributed by atoms with Crippen LogP contribution in [0.4, 0.5) is 8.78 Å². The number of nitrogens with zero attached hydrogens (tertiary/aromatic N) is 1. The maximum atomic E-state index is 12.1. The second-order valence-corrected chi connectivity index (χ2v) is 1.46. The van der Waals surface area contributed by atoms with Crippen molar-refractivity contribution in [3.8, 4) is 0 Å². The van der Waals surface area contributed by atoms with E-state index < -0.39 is 23.4 Å². The number of carboxylic acid groups (broad SMARTS) is 1. The van der Waals surface area contributed by atoms with E-state index in [1.807, 2.05) is 0 Å². The standard InChI is InChI=1S/C3H3F2NO4/c4-1-3(5,2(7)8)6(9)10/h1H2,(H,7,8). The van der Waals surface area contributed by atoms with Gasteiger partial charge in [0.25, 0.3) is 0 Å². The minimum Gasteiger partial charge on any atom is -0.474 e. The summed E-state index contributed by atoms with van der Waals surface area (Å²) >= 11 is 0. The molecular formula is C3H3F2NO4. The highest BCUT2D eigenvalue weighted by atomic mass is 19.2. The Labute approximate surface area is 53.4 Å². The van der Waals surface area contributed by atoms with E-state index in [0.717, 1.165) is 0 Å². The van der Waals surface area contributed by atoms with Gasteiger partial charge in [-0.15, -0.1) is 0 Å². The van der Waals surface area contributed by atoms with Crippen LogP contribution in [0.25, 0.3) is 0 Å². The van der Waals surface area contributed by atoms with Crippen LogP contribution >= 0.6 is 0 Å². The Kier molecular flexibility index (Phi) is 2.22. The molecular weight excluding hydrogens is 152 g/mol. The van der Waals surface area contributed by atoms with Gasteiger partial charge in [0.05, 0.1) is 4.92 Å². The minimum absolute atomic E-state index is 1.82. The summed E-state index contributed by atoms with van der Waals surface area (Å²) < 4.78 is 23.4. The van der Waals surface area contributed by atoms with Gasteiger partial charge < -0.3 is 5.11 Å². The minimum atomic E-state index is -3.99. The van der Waals surface area contributed by atoms with Gasteiger partial charge in [0, 0.05) is 0 Å². The Morgan fingerprint density at radius 1 is 1.80 bits per heavy atom. The lowest BCUT2D eigenvalue weighted by molar-refractivity contribution is -0.589. The van der Waals surface area contributed by atoms with Crippen LogP contribution in [0.5, 0.6) is 0 Å². The molecule has 1 atom stereocenters. The molecule has 0 amide bonds. The normalized spacial score (nSPS) is 15.8. The number of hydrogen-bond donors (Lipinski definition) is 1. The Morgan fingerprint density at radius 2 is 2.20 bits per heavy atom. The fourth-order valence-electron chi connectivity index (χ4n) is 0.184. The largest absolute Gasteiger partial charge is 0.482 e. The van der Waals surface area contributed by atoms with Gasteiger partial charge in [-0.25, -0.2) is 9.18 Å². The monoisotopic (exact) mass is 155 g/mol. The lowest BCUT2D eigenvalue weighted by Gasteiger charge is -2.05. The topological polar surface area (TPSA) is 80.4 Å². The van der Waals surface area contributed by atoms with Crippen molar-refractivity contribution in [3.63, 3.8) is 0 Å². The van der Waals surface area contributed by atoms with Crippen LogP contribution in [0.3, 0.4) is 0 Å². The number of rotatable bonds is 3. The summed E-state index contributed by atoms with van der Waals surface area (Å²) in [5.74, 6) is -6.42.